The number of benzene rings is 2. The Kier molecular flexibility index (Phi) is 7.64. The second kappa shape index (κ2) is 11.1. The number of rotatable bonds is 6. The lowest BCUT2D eigenvalue weighted by molar-refractivity contribution is 0.0695. The Labute approximate surface area is 234 Å². The van der Waals surface area contributed by atoms with Crippen LogP contribution < -0.4 is 10.6 Å². The quantitative estimate of drug-likeness (QED) is 0.212. The summed E-state index contributed by atoms with van der Waals surface area (Å²) in [6.07, 6.45) is 5.00. The van der Waals surface area contributed by atoms with Crippen LogP contribution in [0.5, 0.6) is 0 Å². The summed E-state index contributed by atoms with van der Waals surface area (Å²) in [7, 11) is -2.72. The number of aromatic nitrogens is 3. The van der Waals surface area contributed by atoms with Gasteiger partial charge in [-0.1, -0.05) is 42.5 Å². The molecule has 3 heterocycles. The Morgan fingerprint density at radius 1 is 1.23 bits per heavy atom. The van der Waals surface area contributed by atoms with Crippen molar-refractivity contribution in [2.45, 2.75) is 45.4 Å². The molecule has 9 nitrogen and oxygen atoms in total. The molecule has 2 atom stereocenters. The van der Waals surface area contributed by atoms with Gasteiger partial charge in [0.15, 0.2) is 5.69 Å². The number of hydrogen-bond donors (Lipinski definition) is 2. The zero-order valence-electron chi connectivity index (χ0n) is 23.1. The summed E-state index contributed by atoms with van der Waals surface area (Å²) in [6, 6.07) is 13.3. The van der Waals surface area contributed by atoms with E-state index in [-0.39, 0.29) is 24.8 Å². The number of carbonyl (C=O) groups is 1. The molecule has 0 bridgehead atoms. The largest absolute Gasteiger partial charge is 0.445 e. The summed E-state index contributed by atoms with van der Waals surface area (Å²) in [5.41, 5.74) is 4.54. The first-order chi connectivity index (χ1) is 19.2. The molecule has 0 saturated carbocycles. The number of amides is 1. The van der Waals surface area contributed by atoms with Crippen LogP contribution >= 0.6 is 7.14 Å². The first-order valence-electron chi connectivity index (χ1n) is 13.3. The maximum absolute atomic E-state index is 13.1. The summed E-state index contributed by atoms with van der Waals surface area (Å²) in [5, 5.41) is 4.85. The number of hydrogen-bond acceptors (Lipinski definition) is 6. The van der Waals surface area contributed by atoms with Crippen LogP contribution in [0, 0.1) is 13.5 Å². The second-order valence-electron chi connectivity index (χ2n) is 10.7. The number of aromatic amines is 1. The van der Waals surface area contributed by atoms with Crippen molar-refractivity contribution in [3.8, 4) is 11.3 Å². The van der Waals surface area contributed by atoms with E-state index in [2.05, 4.69) is 20.1 Å². The number of carbonyl (C=O) groups excluding carboxylic acids is 1. The van der Waals surface area contributed by atoms with E-state index in [0.717, 1.165) is 40.6 Å². The molecule has 1 fully saturated rings. The minimum atomic E-state index is -2.72. The third-order valence-electron chi connectivity index (χ3n) is 7.35. The molecule has 1 aliphatic rings. The minimum Gasteiger partial charge on any atom is -0.445 e. The molecule has 2 N–H and O–H groups in total. The van der Waals surface area contributed by atoms with Crippen LogP contribution in [-0.2, 0) is 15.9 Å². The predicted octanol–water partition coefficient (Wildman–Crippen LogP) is 6.33. The molecule has 10 heteroatoms. The van der Waals surface area contributed by atoms with Gasteiger partial charge in [-0.2, -0.15) is 0 Å². The molecule has 0 aliphatic carbocycles. The number of likely N-dealkylation sites (tertiary alicyclic amines) is 1. The Morgan fingerprint density at radius 3 is 2.73 bits per heavy atom. The van der Waals surface area contributed by atoms with Crippen molar-refractivity contribution in [1.29, 1.82) is 0 Å². The molecule has 0 spiro atoms. The SMILES string of the molecule is [C-]#[N+]c1ccc2c(-c3nc(N[C@H]4CC[C@H](C)N(C(=O)OCc5ccccc5)C4)ncc3C)c[nH]c2c1P(C)(C)=O. The lowest BCUT2D eigenvalue weighted by Gasteiger charge is -2.37. The van der Waals surface area contributed by atoms with Gasteiger partial charge in [0, 0.05) is 52.8 Å². The van der Waals surface area contributed by atoms with Crippen molar-refractivity contribution in [2.24, 2.45) is 0 Å². The fourth-order valence-electron chi connectivity index (χ4n) is 5.25. The van der Waals surface area contributed by atoms with Gasteiger partial charge in [-0.05, 0) is 51.1 Å². The minimum absolute atomic E-state index is 0.0297. The maximum atomic E-state index is 13.1. The molecule has 0 unspecified atom stereocenters. The number of ether oxygens (including phenoxy) is 1. The van der Waals surface area contributed by atoms with Gasteiger partial charge in [-0.15, -0.1) is 0 Å². The van der Waals surface area contributed by atoms with E-state index < -0.39 is 7.14 Å². The molecule has 5 rings (SSSR count). The normalized spacial score (nSPS) is 17.4. The zero-order chi connectivity index (χ0) is 28.4. The van der Waals surface area contributed by atoms with Crippen LogP contribution in [0.4, 0.5) is 16.4 Å². The van der Waals surface area contributed by atoms with Crippen LogP contribution in [0.25, 0.3) is 27.0 Å². The Balaban J connectivity index is 1.36. The monoisotopic (exact) mass is 556 g/mol. The number of H-pyrrole nitrogens is 1. The highest BCUT2D eigenvalue weighted by Gasteiger charge is 2.31. The predicted molar refractivity (Wildman–Crippen MR) is 159 cm³/mol. The third kappa shape index (κ3) is 5.59. The highest BCUT2D eigenvalue weighted by molar-refractivity contribution is 7.71. The molecule has 1 aliphatic heterocycles. The summed E-state index contributed by atoms with van der Waals surface area (Å²) in [4.78, 5) is 30.9. The number of fused-ring (bicyclic) bond motifs is 1. The van der Waals surface area contributed by atoms with Crippen LogP contribution in [0.1, 0.15) is 30.9 Å². The highest BCUT2D eigenvalue weighted by atomic mass is 31.2. The van der Waals surface area contributed by atoms with Gasteiger partial charge in [0.25, 0.3) is 0 Å². The van der Waals surface area contributed by atoms with Gasteiger partial charge in [0.05, 0.1) is 12.3 Å². The van der Waals surface area contributed by atoms with E-state index in [4.69, 9.17) is 16.3 Å². The van der Waals surface area contributed by atoms with Gasteiger partial charge >= 0.3 is 6.09 Å². The summed E-state index contributed by atoms with van der Waals surface area (Å²) in [5.74, 6) is 0.474. The van der Waals surface area contributed by atoms with Crippen LogP contribution in [0.2, 0.25) is 0 Å². The van der Waals surface area contributed by atoms with Crippen molar-refractivity contribution >= 4 is 41.1 Å². The van der Waals surface area contributed by atoms with Crippen molar-refractivity contribution in [3.05, 3.63) is 77.4 Å². The van der Waals surface area contributed by atoms with Crippen molar-refractivity contribution in [2.75, 3.05) is 25.2 Å². The van der Waals surface area contributed by atoms with Gasteiger partial charge in [-0.3, -0.25) is 0 Å². The van der Waals surface area contributed by atoms with E-state index in [1.54, 1.807) is 30.5 Å². The Hall–Kier alpha value is -4.15. The topological polar surface area (TPSA) is 105 Å². The molecule has 1 saturated heterocycles. The average Bonchev–Trinajstić information content (AvgIpc) is 3.37. The van der Waals surface area contributed by atoms with Gasteiger partial charge in [0.1, 0.15) is 13.7 Å². The third-order valence-corrected chi connectivity index (χ3v) is 8.88. The number of piperidine rings is 1. The lowest BCUT2D eigenvalue weighted by atomic mass is 10.00. The van der Waals surface area contributed by atoms with Gasteiger partial charge in [0.2, 0.25) is 5.95 Å². The molecule has 0 radical (unpaired) electrons. The Morgan fingerprint density at radius 2 is 2.00 bits per heavy atom. The van der Waals surface area contributed by atoms with E-state index in [1.807, 2.05) is 56.4 Å². The highest BCUT2D eigenvalue weighted by Crippen LogP contribution is 2.43. The fourth-order valence-corrected chi connectivity index (χ4v) is 6.65. The molecule has 206 valence electrons. The molecule has 2 aromatic carbocycles. The standard InChI is InChI=1S/C30H33N6O3P/c1-19-15-33-29(34-22-12-11-20(2)36(17-22)30(37)39-18-21-9-7-6-8-10-21)35-26(19)24-16-32-27-23(24)13-14-25(31-3)28(27)40(4,5)38/h6-10,13-16,20,22,32H,11-12,17-18H2,1-2,4-5H3,(H,33,34,35)/t20-,22-/m0/s1. The van der Waals surface area contributed by atoms with Crippen molar-refractivity contribution in [3.63, 3.8) is 0 Å². The molecule has 2 aromatic heterocycles. The zero-order valence-corrected chi connectivity index (χ0v) is 24.0. The van der Waals surface area contributed by atoms with Crippen LogP contribution in [-0.4, -0.2) is 57.9 Å². The fraction of sp³-hybridized carbons (Fsp3) is 0.333. The Bertz CT molecular complexity index is 1640. The summed E-state index contributed by atoms with van der Waals surface area (Å²) < 4.78 is 18.7. The molecule has 1 amide bonds. The molecule has 4 aromatic rings. The number of nitrogens with zero attached hydrogens (tertiary/aromatic N) is 4. The first-order valence-corrected chi connectivity index (χ1v) is 15.9. The van der Waals surface area contributed by atoms with Crippen LogP contribution in [0.15, 0.2) is 54.9 Å². The summed E-state index contributed by atoms with van der Waals surface area (Å²) in [6.45, 7) is 15.6. The van der Waals surface area contributed by atoms with Crippen LogP contribution in [0.3, 0.4) is 0 Å². The number of nitrogens with one attached hydrogen (secondary N) is 2. The number of aryl methyl sites for hydroxylation is 1. The van der Waals surface area contributed by atoms with E-state index >= 15 is 0 Å². The summed E-state index contributed by atoms with van der Waals surface area (Å²) >= 11 is 0. The maximum Gasteiger partial charge on any atom is 0.410 e. The number of anilines is 1. The van der Waals surface area contributed by atoms with E-state index in [1.165, 1.54) is 0 Å². The van der Waals surface area contributed by atoms with Gasteiger partial charge in [-0.25, -0.2) is 19.6 Å². The molecular formula is C30H33N6O3P. The van der Waals surface area contributed by atoms with E-state index in [0.29, 0.717) is 29.0 Å². The van der Waals surface area contributed by atoms with Crippen molar-refractivity contribution < 1.29 is 14.1 Å². The first kappa shape index (κ1) is 27.4. The smallest absolute Gasteiger partial charge is 0.410 e. The van der Waals surface area contributed by atoms with Crippen molar-refractivity contribution in [1.82, 2.24) is 19.9 Å². The molecular weight excluding hydrogens is 523 g/mol. The average molecular weight is 557 g/mol. The lowest BCUT2D eigenvalue weighted by Crippen LogP contribution is -2.50. The van der Waals surface area contributed by atoms with Gasteiger partial charge < -0.3 is 24.5 Å². The second-order valence-corrected chi connectivity index (χ2v) is 13.9. The van der Waals surface area contributed by atoms with E-state index in [9.17, 15) is 9.36 Å². The molecule has 40 heavy (non-hydrogen) atoms.